The number of hydrogen-bond donors (Lipinski definition) is 2. The number of halogens is 2. The zero-order valence-corrected chi connectivity index (χ0v) is 11.7. The fourth-order valence-electron chi connectivity index (χ4n) is 2.64. The molecule has 1 aliphatic heterocycles. The van der Waals surface area contributed by atoms with Crippen molar-refractivity contribution in [3.63, 3.8) is 0 Å². The molecule has 0 bridgehead atoms. The molecule has 1 fully saturated rings. The molecule has 7 heteroatoms. The summed E-state index contributed by atoms with van der Waals surface area (Å²) in [6.07, 6.45) is -0.667. The molecule has 1 aromatic rings. The second-order valence-electron chi connectivity index (χ2n) is 5.39. The topological polar surface area (TPSA) is 64.0 Å². The number of benzene rings is 1. The molecule has 5 nitrogen and oxygen atoms in total. The monoisotopic (exact) mass is 300 g/mol. The van der Waals surface area contributed by atoms with E-state index < -0.39 is 23.7 Å². The second kappa shape index (κ2) is 6.46. The molecule has 1 aliphatic rings. The number of aliphatic hydroxyl groups excluding tert-OH is 1. The van der Waals surface area contributed by atoms with E-state index in [1.54, 1.807) is 11.9 Å². The van der Waals surface area contributed by atoms with E-state index in [0.717, 1.165) is 12.1 Å². The number of carboxylic acid groups (broad SMARTS) is 1. The molecule has 0 aliphatic carbocycles. The first kappa shape index (κ1) is 15.8. The van der Waals surface area contributed by atoms with Gasteiger partial charge < -0.3 is 10.2 Å². The Bertz CT molecular complexity index is 527. The summed E-state index contributed by atoms with van der Waals surface area (Å²) in [6.45, 7) is 1.07. The molecular formula is C14H18F2N2O3. The van der Waals surface area contributed by atoms with E-state index in [9.17, 15) is 18.7 Å². The molecular weight excluding hydrogens is 282 g/mol. The van der Waals surface area contributed by atoms with E-state index >= 15 is 0 Å². The number of carboxylic acids is 1. The van der Waals surface area contributed by atoms with Crippen molar-refractivity contribution in [1.82, 2.24) is 9.80 Å². The number of β-amino-alcohol motifs (C(OH)–C–C–N with tert-alkyl or cyclic N) is 1. The Kier molecular flexibility index (Phi) is 4.87. The average Bonchev–Trinajstić information content (AvgIpc) is 2.74. The van der Waals surface area contributed by atoms with Crippen LogP contribution in [0.1, 0.15) is 5.56 Å². The summed E-state index contributed by atoms with van der Waals surface area (Å²) >= 11 is 0. The Hall–Kier alpha value is -1.57. The highest BCUT2D eigenvalue weighted by Gasteiger charge is 2.34. The van der Waals surface area contributed by atoms with Crippen LogP contribution in [0.5, 0.6) is 0 Å². The van der Waals surface area contributed by atoms with Crippen LogP contribution in [0.4, 0.5) is 8.78 Å². The van der Waals surface area contributed by atoms with Crippen molar-refractivity contribution in [2.45, 2.75) is 18.7 Å². The van der Waals surface area contributed by atoms with Crippen LogP contribution in [0.15, 0.2) is 18.2 Å². The molecule has 2 atom stereocenters. The first-order valence-electron chi connectivity index (χ1n) is 6.63. The van der Waals surface area contributed by atoms with Crippen LogP contribution < -0.4 is 0 Å². The number of hydrogen-bond acceptors (Lipinski definition) is 4. The van der Waals surface area contributed by atoms with Gasteiger partial charge in [-0.25, -0.2) is 8.78 Å². The maximum atomic E-state index is 13.2. The Morgan fingerprint density at radius 3 is 2.71 bits per heavy atom. The van der Waals surface area contributed by atoms with Crippen molar-refractivity contribution >= 4 is 5.97 Å². The second-order valence-corrected chi connectivity index (χ2v) is 5.39. The van der Waals surface area contributed by atoms with E-state index in [2.05, 4.69) is 0 Å². The van der Waals surface area contributed by atoms with Crippen LogP contribution in [-0.2, 0) is 11.3 Å². The first-order chi connectivity index (χ1) is 9.86. The molecule has 0 amide bonds. The third kappa shape index (κ3) is 3.96. The maximum Gasteiger partial charge on any atom is 0.317 e. The van der Waals surface area contributed by atoms with E-state index in [0.29, 0.717) is 25.2 Å². The number of rotatable bonds is 5. The molecule has 2 rings (SSSR count). The predicted octanol–water partition coefficient (Wildman–Crippen LogP) is 0.526. The number of nitrogens with zero attached hydrogens (tertiary/aromatic N) is 2. The van der Waals surface area contributed by atoms with E-state index in [-0.39, 0.29) is 12.6 Å². The molecule has 0 radical (unpaired) electrons. The molecule has 1 unspecified atom stereocenters. The van der Waals surface area contributed by atoms with Gasteiger partial charge in [-0.05, 0) is 24.7 Å². The van der Waals surface area contributed by atoms with Gasteiger partial charge in [-0.3, -0.25) is 14.6 Å². The summed E-state index contributed by atoms with van der Waals surface area (Å²) < 4.78 is 26.0. The lowest BCUT2D eigenvalue weighted by Crippen LogP contribution is -2.43. The number of carbonyl (C=O) groups is 1. The zero-order valence-electron chi connectivity index (χ0n) is 11.7. The quantitative estimate of drug-likeness (QED) is 0.830. The summed E-state index contributed by atoms with van der Waals surface area (Å²) in [4.78, 5) is 14.2. The van der Waals surface area contributed by atoms with Crippen LogP contribution >= 0.6 is 0 Å². The van der Waals surface area contributed by atoms with Crippen LogP contribution in [-0.4, -0.2) is 64.8 Å². The minimum absolute atomic E-state index is 0.152. The van der Waals surface area contributed by atoms with Crippen LogP contribution in [0.2, 0.25) is 0 Å². The SMILES string of the molecule is CN(CC(=O)O)C1CN(Cc2ccc(F)c(F)c2)C[C@H]1O. The smallest absolute Gasteiger partial charge is 0.317 e. The largest absolute Gasteiger partial charge is 0.480 e. The summed E-state index contributed by atoms with van der Waals surface area (Å²) in [6, 6.07) is 3.42. The van der Waals surface area contributed by atoms with Crippen molar-refractivity contribution in [2.75, 3.05) is 26.7 Å². The van der Waals surface area contributed by atoms with Crippen molar-refractivity contribution in [1.29, 1.82) is 0 Å². The minimum atomic E-state index is -0.955. The van der Waals surface area contributed by atoms with E-state index in [1.807, 2.05) is 4.90 Å². The van der Waals surface area contributed by atoms with Gasteiger partial charge in [0, 0.05) is 25.7 Å². The van der Waals surface area contributed by atoms with Gasteiger partial charge in [0.1, 0.15) is 0 Å². The third-order valence-electron chi connectivity index (χ3n) is 3.68. The standard InChI is InChI=1S/C14H18F2N2O3/c1-17(8-14(20)21)12-6-18(7-13(12)19)5-9-2-3-10(15)11(16)4-9/h2-4,12-13,19H,5-8H2,1H3,(H,20,21)/t12?,13-/m1/s1. The van der Waals surface area contributed by atoms with Gasteiger partial charge in [0.15, 0.2) is 11.6 Å². The molecule has 1 saturated heterocycles. The number of likely N-dealkylation sites (N-methyl/N-ethyl adjacent to an activating group) is 1. The van der Waals surface area contributed by atoms with Gasteiger partial charge in [-0.1, -0.05) is 6.07 Å². The van der Waals surface area contributed by atoms with Crippen molar-refractivity contribution in [3.8, 4) is 0 Å². The number of aliphatic hydroxyl groups is 1. The van der Waals surface area contributed by atoms with Gasteiger partial charge in [0.05, 0.1) is 12.6 Å². The van der Waals surface area contributed by atoms with Gasteiger partial charge in [0.2, 0.25) is 0 Å². The third-order valence-corrected chi connectivity index (χ3v) is 3.68. The molecule has 1 aromatic carbocycles. The van der Waals surface area contributed by atoms with Crippen LogP contribution in [0, 0.1) is 11.6 Å². The fraction of sp³-hybridized carbons (Fsp3) is 0.500. The van der Waals surface area contributed by atoms with Gasteiger partial charge in [-0.2, -0.15) is 0 Å². The molecule has 0 spiro atoms. The van der Waals surface area contributed by atoms with Crippen molar-refractivity contribution in [2.24, 2.45) is 0 Å². The maximum absolute atomic E-state index is 13.2. The molecule has 0 aromatic heterocycles. The molecule has 1 heterocycles. The highest BCUT2D eigenvalue weighted by atomic mass is 19.2. The zero-order chi connectivity index (χ0) is 15.6. The summed E-state index contributed by atoms with van der Waals surface area (Å²) in [5.41, 5.74) is 0.614. The lowest BCUT2D eigenvalue weighted by Gasteiger charge is -2.24. The predicted molar refractivity (Wildman–Crippen MR) is 71.7 cm³/mol. The van der Waals surface area contributed by atoms with Crippen molar-refractivity contribution in [3.05, 3.63) is 35.4 Å². The number of likely N-dealkylation sites (tertiary alicyclic amines) is 1. The van der Waals surface area contributed by atoms with Crippen LogP contribution in [0.25, 0.3) is 0 Å². The Morgan fingerprint density at radius 2 is 2.10 bits per heavy atom. The molecule has 0 saturated carbocycles. The highest BCUT2D eigenvalue weighted by molar-refractivity contribution is 5.69. The Labute approximate surface area is 121 Å². The highest BCUT2D eigenvalue weighted by Crippen LogP contribution is 2.19. The van der Waals surface area contributed by atoms with E-state index in [4.69, 9.17) is 5.11 Å². The summed E-state index contributed by atoms with van der Waals surface area (Å²) in [7, 11) is 1.64. The summed E-state index contributed by atoms with van der Waals surface area (Å²) in [5, 5.41) is 18.8. The van der Waals surface area contributed by atoms with Crippen LogP contribution in [0.3, 0.4) is 0 Å². The van der Waals surface area contributed by atoms with Gasteiger partial charge in [-0.15, -0.1) is 0 Å². The summed E-state index contributed by atoms with van der Waals surface area (Å²) in [5.74, 6) is -2.74. The molecule has 2 N–H and O–H groups in total. The molecule has 21 heavy (non-hydrogen) atoms. The van der Waals surface area contributed by atoms with E-state index in [1.165, 1.54) is 6.07 Å². The minimum Gasteiger partial charge on any atom is -0.480 e. The lowest BCUT2D eigenvalue weighted by molar-refractivity contribution is -0.138. The Morgan fingerprint density at radius 1 is 1.38 bits per heavy atom. The lowest BCUT2D eigenvalue weighted by atomic mass is 10.2. The first-order valence-corrected chi connectivity index (χ1v) is 6.63. The number of aliphatic carboxylic acids is 1. The van der Waals surface area contributed by atoms with Gasteiger partial charge in [0.25, 0.3) is 0 Å². The Balaban J connectivity index is 1.97. The van der Waals surface area contributed by atoms with Gasteiger partial charge >= 0.3 is 5.97 Å². The fourth-order valence-corrected chi connectivity index (χ4v) is 2.64. The molecule has 116 valence electrons. The van der Waals surface area contributed by atoms with Crippen molar-refractivity contribution < 1.29 is 23.8 Å². The average molecular weight is 300 g/mol. The normalized spacial score (nSPS) is 22.9.